The van der Waals surface area contributed by atoms with Crippen LogP contribution >= 0.6 is 0 Å². The molecule has 1 atom stereocenters. The summed E-state index contributed by atoms with van der Waals surface area (Å²) < 4.78 is 10.6. The maximum atomic E-state index is 12.8. The van der Waals surface area contributed by atoms with Gasteiger partial charge in [0, 0.05) is 19.4 Å². The van der Waals surface area contributed by atoms with Gasteiger partial charge in [0.05, 0.1) is 7.11 Å². The average Bonchev–Trinajstić information content (AvgIpc) is 3.33. The van der Waals surface area contributed by atoms with Gasteiger partial charge in [0.15, 0.2) is 6.73 Å². The fourth-order valence-electron chi connectivity index (χ4n) is 4.10. The lowest BCUT2D eigenvalue weighted by Crippen LogP contribution is -2.40. The molecule has 8 nitrogen and oxygen atoms in total. The Morgan fingerprint density at radius 1 is 1.10 bits per heavy atom. The fourth-order valence-corrected chi connectivity index (χ4v) is 4.10. The second-order valence-electron chi connectivity index (χ2n) is 7.49. The minimum atomic E-state index is -0.857. The Balaban J connectivity index is 1.42. The number of ether oxygens (including phenoxy) is 2. The van der Waals surface area contributed by atoms with E-state index in [0.717, 1.165) is 27.3 Å². The third kappa shape index (κ3) is 3.98. The van der Waals surface area contributed by atoms with E-state index in [-0.39, 0.29) is 38.0 Å². The molecular weight excluding hydrogens is 400 g/mol. The molecule has 0 aromatic heterocycles. The van der Waals surface area contributed by atoms with Crippen LogP contribution in [0.5, 0.6) is 0 Å². The molecule has 1 aliphatic carbocycles. The number of fused-ring (bicyclic) bond motifs is 3. The Hall–Kier alpha value is -3.39. The van der Waals surface area contributed by atoms with Gasteiger partial charge < -0.3 is 9.47 Å². The van der Waals surface area contributed by atoms with Gasteiger partial charge in [0.25, 0.3) is 0 Å². The second-order valence-corrected chi connectivity index (χ2v) is 7.49. The molecule has 162 valence electrons. The van der Waals surface area contributed by atoms with Crippen LogP contribution in [0.1, 0.15) is 29.9 Å². The zero-order valence-corrected chi connectivity index (χ0v) is 17.4. The highest BCUT2D eigenvalue weighted by Gasteiger charge is 2.39. The number of nitrogens with zero attached hydrogens (tertiary/aromatic N) is 2. The summed E-state index contributed by atoms with van der Waals surface area (Å²) in [6, 6.07) is 15.3. The van der Waals surface area contributed by atoms with E-state index in [1.807, 2.05) is 36.4 Å². The van der Waals surface area contributed by atoms with Crippen LogP contribution < -0.4 is 0 Å². The van der Waals surface area contributed by atoms with E-state index in [0.29, 0.717) is 0 Å². The van der Waals surface area contributed by atoms with Crippen molar-refractivity contribution in [2.24, 2.45) is 0 Å². The van der Waals surface area contributed by atoms with Crippen LogP contribution in [0, 0.1) is 0 Å². The molecule has 1 saturated heterocycles. The number of hydrogen-bond acceptors (Lipinski definition) is 6. The Morgan fingerprint density at radius 3 is 2.32 bits per heavy atom. The molecule has 1 heterocycles. The van der Waals surface area contributed by atoms with Crippen LogP contribution in [-0.4, -0.2) is 61.5 Å². The molecular formula is C23H24N2O6. The van der Waals surface area contributed by atoms with Crippen LogP contribution in [-0.2, 0) is 23.9 Å². The first kappa shape index (κ1) is 20.9. The lowest BCUT2D eigenvalue weighted by molar-refractivity contribution is -0.168. The maximum Gasteiger partial charge on any atom is 0.413 e. The predicted molar refractivity (Wildman–Crippen MR) is 111 cm³/mol. The summed E-state index contributed by atoms with van der Waals surface area (Å²) in [5.74, 6) is -0.915. The average molecular weight is 424 g/mol. The molecule has 0 saturated carbocycles. The molecule has 1 aliphatic heterocycles. The van der Waals surface area contributed by atoms with Gasteiger partial charge >= 0.3 is 12.1 Å². The molecule has 0 spiro atoms. The Labute approximate surface area is 180 Å². The number of carbonyl (C=O) groups is 3. The predicted octanol–water partition coefficient (Wildman–Crippen LogP) is 2.92. The monoisotopic (exact) mass is 424 g/mol. The summed E-state index contributed by atoms with van der Waals surface area (Å²) in [6.07, 6.45) is -0.461. The van der Waals surface area contributed by atoms with Gasteiger partial charge in [0.2, 0.25) is 5.91 Å². The molecule has 31 heavy (non-hydrogen) atoms. The van der Waals surface area contributed by atoms with Crippen molar-refractivity contribution in [1.82, 2.24) is 9.96 Å². The van der Waals surface area contributed by atoms with Crippen molar-refractivity contribution in [2.75, 3.05) is 27.5 Å². The number of cyclic esters (lactones) is 1. The highest BCUT2D eigenvalue weighted by Crippen LogP contribution is 2.44. The summed E-state index contributed by atoms with van der Waals surface area (Å²) in [7, 11) is 2.86. The fraction of sp³-hybridized carbons (Fsp3) is 0.348. The van der Waals surface area contributed by atoms with Crippen molar-refractivity contribution in [3.05, 3.63) is 59.7 Å². The van der Waals surface area contributed by atoms with Gasteiger partial charge in [-0.25, -0.2) is 14.7 Å². The van der Waals surface area contributed by atoms with Crippen molar-refractivity contribution >= 4 is 18.0 Å². The zero-order chi connectivity index (χ0) is 22.0. The normalized spacial score (nSPS) is 17.2. The number of esters is 1. The van der Waals surface area contributed by atoms with Gasteiger partial charge in [-0.15, -0.1) is 0 Å². The highest BCUT2D eigenvalue weighted by atomic mass is 16.7. The summed E-state index contributed by atoms with van der Waals surface area (Å²) in [4.78, 5) is 42.9. The molecule has 0 radical (unpaired) electrons. The van der Waals surface area contributed by atoms with E-state index in [1.54, 1.807) is 0 Å². The largest absolute Gasteiger partial charge is 0.448 e. The Kier molecular flexibility index (Phi) is 5.90. The van der Waals surface area contributed by atoms with Gasteiger partial charge in [-0.05, 0) is 28.7 Å². The molecule has 0 N–H and O–H groups in total. The van der Waals surface area contributed by atoms with Gasteiger partial charge in [-0.1, -0.05) is 48.5 Å². The molecule has 0 unspecified atom stereocenters. The molecule has 8 heteroatoms. The minimum Gasteiger partial charge on any atom is -0.448 e. The van der Waals surface area contributed by atoms with E-state index in [9.17, 15) is 14.4 Å². The molecule has 0 bridgehead atoms. The van der Waals surface area contributed by atoms with Crippen LogP contribution in [0.2, 0.25) is 0 Å². The molecule has 2 amide bonds. The van der Waals surface area contributed by atoms with Crippen molar-refractivity contribution in [2.45, 2.75) is 24.8 Å². The molecule has 4 rings (SSSR count). The molecule has 1 fully saturated rings. The van der Waals surface area contributed by atoms with Crippen molar-refractivity contribution in [1.29, 1.82) is 0 Å². The smallest absolute Gasteiger partial charge is 0.413 e. The summed E-state index contributed by atoms with van der Waals surface area (Å²) in [6.45, 7) is -0.0376. The van der Waals surface area contributed by atoms with Crippen LogP contribution in [0.3, 0.4) is 0 Å². The quantitative estimate of drug-likeness (QED) is 0.524. The maximum absolute atomic E-state index is 12.8. The topological polar surface area (TPSA) is 85.4 Å². The van der Waals surface area contributed by atoms with Gasteiger partial charge in [-0.2, -0.15) is 0 Å². The lowest BCUT2D eigenvalue weighted by atomic mass is 9.98. The number of hydrogen-bond donors (Lipinski definition) is 0. The van der Waals surface area contributed by atoms with E-state index in [2.05, 4.69) is 12.1 Å². The van der Waals surface area contributed by atoms with E-state index < -0.39 is 18.1 Å². The second kappa shape index (κ2) is 8.77. The first-order valence-electron chi connectivity index (χ1n) is 10.1. The molecule has 2 aromatic carbocycles. The summed E-state index contributed by atoms with van der Waals surface area (Å²) in [5.41, 5.74) is 4.49. The molecule has 2 aliphatic rings. The number of amides is 2. The van der Waals surface area contributed by atoms with E-state index >= 15 is 0 Å². The summed E-state index contributed by atoms with van der Waals surface area (Å²) in [5, 5.41) is 1.08. The van der Waals surface area contributed by atoms with Gasteiger partial charge in [-0.3, -0.25) is 14.5 Å². The van der Waals surface area contributed by atoms with Crippen molar-refractivity contribution in [3.63, 3.8) is 0 Å². The van der Waals surface area contributed by atoms with E-state index in [4.69, 9.17) is 14.3 Å². The number of carbonyl (C=O) groups excluding carboxylic acids is 3. The number of benzene rings is 2. The summed E-state index contributed by atoms with van der Waals surface area (Å²) >= 11 is 0. The first-order chi connectivity index (χ1) is 15.0. The third-order valence-corrected chi connectivity index (χ3v) is 5.82. The Bertz CT molecular complexity index is 962. The third-order valence-electron chi connectivity index (χ3n) is 5.82. The molecule has 2 aromatic rings. The SMILES string of the molecule is CON(C)C(=O)CC[C@H]1C(=O)OCN1C(=O)OCC1c2ccccc2-c2ccccc21. The van der Waals surface area contributed by atoms with Crippen molar-refractivity contribution in [3.8, 4) is 11.1 Å². The standard InChI is InChI=1S/C23H24N2O6/c1-24(29-2)21(26)12-11-20-22(27)31-14-25(20)23(28)30-13-19-17-9-5-3-7-15(17)16-8-4-6-10-18(16)19/h3-10,19-20H,11-14H2,1-2H3/t20-/m0/s1. The zero-order valence-electron chi connectivity index (χ0n) is 17.4. The van der Waals surface area contributed by atoms with Crippen LogP contribution in [0.25, 0.3) is 11.1 Å². The first-order valence-corrected chi connectivity index (χ1v) is 10.1. The highest BCUT2D eigenvalue weighted by molar-refractivity contribution is 5.85. The lowest BCUT2D eigenvalue weighted by Gasteiger charge is -2.22. The minimum absolute atomic E-state index is 0.0390. The van der Waals surface area contributed by atoms with E-state index in [1.165, 1.54) is 19.1 Å². The Morgan fingerprint density at radius 2 is 1.71 bits per heavy atom. The van der Waals surface area contributed by atoms with Crippen LogP contribution in [0.15, 0.2) is 48.5 Å². The number of rotatable bonds is 6. The van der Waals surface area contributed by atoms with Crippen LogP contribution in [0.4, 0.5) is 4.79 Å². The van der Waals surface area contributed by atoms with Gasteiger partial charge in [0.1, 0.15) is 12.6 Å². The van der Waals surface area contributed by atoms with Crippen molar-refractivity contribution < 1.29 is 28.7 Å². The number of hydroxylamine groups is 2.